The number of hydrogen-bond acceptors (Lipinski definition) is 21. The van der Waals surface area contributed by atoms with Crippen LogP contribution in [0.1, 0.15) is 5.56 Å². The standard InChI is InChI=1S/C33H42O21/c34-7-18-21(39)24(42)27(45)31(52-18)48-9-20-23(41)26(44)29(47)33(54-20)51-17-6-12-15(49-30(17)10-1-2-13(37)14(38)3-10)4-11(36)5-16(12)50-32-28(46)25(43)22(40)19(8-35)53-32/h1-6,15,18-29,31-47H,7-9H2/t15?,18-,19-,20-,21-,22-,23-,24+,25+,26+,27-,28-,29-,31-,32-,33-/m1/s1. The molecule has 0 aromatic heterocycles. The lowest BCUT2D eigenvalue weighted by molar-refractivity contribution is -0.327. The molecule has 0 spiro atoms. The summed E-state index contributed by atoms with van der Waals surface area (Å²) >= 11 is 0. The maximum absolute atomic E-state index is 10.9. The highest BCUT2D eigenvalue weighted by molar-refractivity contribution is 5.70. The van der Waals surface area contributed by atoms with E-state index in [4.69, 9.17) is 33.2 Å². The van der Waals surface area contributed by atoms with Gasteiger partial charge < -0.3 is 105 Å². The van der Waals surface area contributed by atoms with Crippen molar-refractivity contribution in [2.45, 2.75) is 98.2 Å². The van der Waals surface area contributed by atoms with Crippen molar-refractivity contribution < 1.29 is 105 Å². The van der Waals surface area contributed by atoms with E-state index in [1.807, 2.05) is 0 Å². The van der Waals surface area contributed by atoms with Crippen LogP contribution in [-0.4, -0.2) is 190 Å². The van der Waals surface area contributed by atoms with Gasteiger partial charge in [-0.1, -0.05) is 0 Å². The monoisotopic (exact) mass is 774 g/mol. The predicted molar refractivity (Wildman–Crippen MR) is 171 cm³/mol. The lowest BCUT2D eigenvalue weighted by Gasteiger charge is -2.43. The number of ether oxygens (including phenoxy) is 7. The third kappa shape index (κ3) is 7.75. The van der Waals surface area contributed by atoms with Gasteiger partial charge in [0.05, 0.1) is 19.8 Å². The van der Waals surface area contributed by atoms with Crippen LogP contribution < -0.4 is 0 Å². The second-order valence-corrected chi connectivity index (χ2v) is 13.1. The molecule has 0 amide bonds. The molecule has 14 N–H and O–H groups in total. The van der Waals surface area contributed by atoms with Crippen LogP contribution in [0.15, 0.2) is 59.3 Å². The molecule has 0 bridgehead atoms. The topological polar surface area (TPSA) is 348 Å². The molecule has 1 aliphatic carbocycles. The van der Waals surface area contributed by atoms with Crippen LogP contribution in [0.5, 0.6) is 11.5 Å². The van der Waals surface area contributed by atoms with Crippen LogP contribution in [0.2, 0.25) is 0 Å². The van der Waals surface area contributed by atoms with Gasteiger partial charge in [-0.15, -0.1) is 0 Å². The maximum atomic E-state index is 10.9. The van der Waals surface area contributed by atoms with Crippen molar-refractivity contribution in [3.63, 3.8) is 0 Å². The van der Waals surface area contributed by atoms with Crippen LogP contribution in [0, 0.1) is 0 Å². The highest BCUT2D eigenvalue weighted by atomic mass is 16.7. The molecule has 16 atom stereocenters. The Labute approximate surface area is 304 Å². The normalized spacial score (nSPS) is 41.2. The van der Waals surface area contributed by atoms with Gasteiger partial charge in [0.2, 0.25) is 12.6 Å². The summed E-state index contributed by atoms with van der Waals surface area (Å²) in [6.07, 6.45) is -23.3. The zero-order chi connectivity index (χ0) is 39.2. The van der Waals surface area contributed by atoms with Gasteiger partial charge in [0.25, 0.3) is 0 Å². The second kappa shape index (κ2) is 16.2. The molecule has 4 aliphatic heterocycles. The third-order valence-corrected chi connectivity index (χ3v) is 9.46. The molecule has 21 nitrogen and oxygen atoms in total. The summed E-state index contributed by atoms with van der Waals surface area (Å²) in [6.45, 7) is -2.18. The predicted octanol–water partition coefficient (Wildman–Crippen LogP) is -5.11. The summed E-state index contributed by atoms with van der Waals surface area (Å²) in [5.41, 5.74) is 0.128. The van der Waals surface area contributed by atoms with Crippen molar-refractivity contribution in [2.75, 3.05) is 19.8 Å². The molecule has 54 heavy (non-hydrogen) atoms. The number of phenolic OH excluding ortho intramolecular Hbond substituents is 2. The first kappa shape index (κ1) is 40.1. The van der Waals surface area contributed by atoms with Crippen molar-refractivity contribution in [3.8, 4) is 11.5 Å². The van der Waals surface area contributed by atoms with E-state index in [2.05, 4.69) is 0 Å². The maximum Gasteiger partial charge on any atom is 0.229 e. The van der Waals surface area contributed by atoms with E-state index in [0.717, 1.165) is 18.2 Å². The molecule has 3 saturated heterocycles. The van der Waals surface area contributed by atoms with Gasteiger partial charge in [-0.05, 0) is 24.3 Å². The van der Waals surface area contributed by atoms with E-state index in [0.29, 0.717) is 0 Å². The fourth-order valence-electron chi connectivity index (χ4n) is 6.32. The Kier molecular flexibility index (Phi) is 12.0. The van der Waals surface area contributed by atoms with Gasteiger partial charge in [-0.25, -0.2) is 0 Å². The Morgan fingerprint density at radius 1 is 0.574 bits per heavy atom. The van der Waals surface area contributed by atoms with Crippen LogP contribution in [0.4, 0.5) is 0 Å². The Morgan fingerprint density at radius 3 is 1.70 bits per heavy atom. The zero-order valence-electron chi connectivity index (χ0n) is 27.9. The van der Waals surface area contributed by atoms with Crippen molar-refractivity contribution in [2.24, 2.45) is 0 Å². The largest absolute Gasteiger partial charge is 0.508 e. The summed E-state index contributed by atoms with van der Waals surface area (Å²) in [5.74, 6) is -2.20. The molecule has 1 unspecified atom stereocenters. The van der Waals surface area contributed by atoms with E-state index < -0.39 is 135 Å². The minimum absolute atomic E-state index is 0.0555. The van der Waals surface area contributed by atoms with Crippen molar-refractivity contribution in [3.05, 3.63) is 64.8 Å². The Bertz CT molecular complexity index is 1620. The smallest absolute Gasteiger partial charge is 0.229 e. The zero-order valence-corrected chi connectivity index (χ0v) is 27.9. The Hall–Kier alpha value is -3.62. The minimum Gasteiger partial charge on any atom is -0.508 e. The number of fused-ring (bicyclic) bond motifs is 1. The lowest BCUT2D eigenvalue weighted by Crippen LogP contribution is -2.61. The summed E-state index contributed by atoms with van der Waals surface area (Å²) in [7, 11) is 0. The highest BCUT2D eigenvalue weighted by Crippen LogP contribution is 2.41. The fraction of sp³-hybridized carbons (Fsp3) is 0.576. The minimum atomic E-state index is -1.96. The molecule has 0 radical (unpaired) electrons. The molecular formula is C33H42O21. The molecule has 0 saturated carbocycles. The SMILES string of the molecule is OC[C@H]1O[C@@H](OC[C@H]2O[C@@H](OC3=C(c4ccc(O)c(O)c4)OC4C=C(O)C=C(O[C@@H]5O[C@H](CO)[C@@H](O)[C@H](O)[C@H]5O)C4=C3)[C@H](O)[C@@H](O)[C@@H]2O)[C@H](O)[C@@H](O)[C@@H]1O. The van der Waals surface area contributed by atoms with Crippen LogP contribution >= 0.6 is 0 Å². The number of aliphatic hydroxyl groups is 12. The third-order valence-electron chi connectivity index (χ3n) is 9.46. The van der Waals surface area contributed by atoms with E-state index in [1.54, 1.807) is 0 Å². The van der Waals surface area contributed by atoms with E-state index in [1.165, 1.54) is 18.2 Å². The Balaban J connectivity index is 1.29. The number of allylic oxidation sites excluding steroid dienone is 2. The summed E-state index contributed by atoms with van der Waals surface area (Å²) < 4.78 is 39.9. The quantitative estimate of drug-likeness (QED) is 0.0989. The average Bonchev–Trinajstić information content (AvgIpc) is 3.15. The first-order valence-corrected chi connectivity index (χ1v) is 16.7. The number of hydrogen-bond donors (Lipinski definition) is 14. The summed E-state index contributed by atoms with van der Waals surface area (Å²) in [5, 5.41) is 144. The fourth-order valence-corrected chi connectivity index (χ4v) is 6.32. The van der Waals surface area contributed by atoms with Gasteiger partial charge >= 0.3 is 0 Å². The summed E-state index contributed by atoms with van der Waals surface area (Å²) in [6, 6.07) is 3.53. The molecule has 21 heteroatoms. The van der Waals surface area contributed by atoms with E-state index >= 15 is 0 Å². The second-order valence-electron chi connectivity index (χ2n) is 13.1. The molecule has 1 aromatic rings. The van der Waals surface area contributed by atoms with E-state index in [-0.39, 0.29) is 28.4 Å². The molecule has 6 rings (SSSR count). The number of aromatic hydroxyl groups is 2. The molecule has 1 aromatic carbocycles. The van der Waals surface area contributed by atoms with Crippen LogP contribution in [0.3, 0.4) is 0 Å². The molecular weight excluding hydrogens is 732 g/mol. The average molecular weight is 775 g/mol. The van der Waals surface area contributed by atoms with Gasteiger partial charge in [-0.3, -0.25) is 0 Å². The number of phenols is 2. The van der Waals surface area contributed by atoms with Gasteiger partial charge in [0.15, 0.2) is 29.3 Å². The first-order valence-electron chi connectivity index (χ1n) is 16.7. The summed E-state index contributed by atoms with van der Waals surface area (Å²) in [4.78, 5) is 0. The van der Waals surface area contributed by atoms with Crippen LogP contribution in [0.25, 0.3) is 5.76 Å². The van der Waals surface area contributed by atoms with Crippen LogP contribution in [-0.2, 0) is 33.2 Å². The van der Waals surface area contributed by atoms with Crippen molar-refractivity contribution in [1.29, 1.82) is 0 Å². The molecule has 5 aliphatic rings. The number of aliphatic hydroxyl groups excluding tert-OH is 12. The van der Waals surface area contributed by atoms with Gasteiger partial charge in [0, 0.05) is 23.3 Å². The number of benzene rings is 1. The lowest BCUT2D eigenvalue weighted by atomic mass is 9.96. The Morgan fingerprint density at radius 2 is 1.11 bits per heavy atom. The van der Waals surface area contributed by atoms with Gasteiger partial charge in [0.1, 0.15) is 90.9 Å². The molecule has 3 fully saturated rings. The molecule has 4 heterocycles. The molecule has 300 valence electrons. The number of rotatable bonds is 10. The van der Waals surface area contributed by atoms with Crippen molar-refractivity contribution >= 4 is 5.76 Å². The van der Waals surface area contributed by atoms with E-state index in [9.17, 15) is 71.5 Å². The first-order chi connectivity index (χ1) is 25.6. The highest BCUT2D eigenvalue weighted by Gasteiger charge is 2.49. The van der Waals surface area contributed by atoms with Gasteiger partial charge in [-0.2, -0.15) is 0 Å². The van der Waals surface area contributed by atoms with Crippen molar-refractivity contribution in [1.82, 2.24) is 0 Å².